The minimum absolute atomic E-state index is 0.0194. The van der Waals surface area contributed by atoms with Crippen molar-refractivity contribution in [1.29, 1.82) is 0 Å². The number of rotatable bonds is 6. The number of carbonyl (C=O) groups excluding carboxylic acids is 4. The molecule has 0 N–H and O–H groups in total. The predicted octanol–water partition coefficient (Wildman–Crippen LogP) is 1.54. The minimum Gasteiger partial charge on any atom is -0.368 e. The van der Waals surface area contributed by atoms with Crippen LogP contribution in [0.5, 0.6) is 0 Å². The highest BCUT2D eigenvalue weighted by atomic mass is 16.8. The van der Waals surface area contributed by atoms with Gasteiger partial charge in [0.2, 0.25) is 0 Å². The van der Waals surface area contributed by atoms with E-state index in [1.54, 1.807) is 38.1 Å². The van der Waals surface area contributed by atoms with E-state index in [0.29, 0.717) is 10.6 Å². The first-order chi connectivity index (χ1) is 14.2. The first-order valence-corrected chi connectivity index (χ1v) is 9.89. The van der Waals surface area contributed by atoms with Crippen molar-refractivity contribution in [3.63, 3.8) is 0 Å². The summed E-state index contributed by atoms with van der Waals surface area (Å²) in [5.41, 5.74) is 0.560. The number of ether oxygens (including phenoxy) is 3. The van der Waals surface area contributed by atoms with Gasteiger partial charge in [-0.3, -0.25) is 14.4 Å². The van der Waals surface area contributed by atoms with Crippen molar-refractivity contribution in [2.45, 2.75) is 69.7 Å². The molecule has 0 saturated carbocycles. The second kappa shape index (κ2) is 7.90. The fourth-order valence-corrected chi connectivity index (χ4v) is 3.99. The summed E-state index contributed by atoms with van der Waals surface area (Å²) in [7, 11) is 0. The number of imide groups is 1. The summed E-state index contributed by atoms with van der Waals surface area (Å²) in [4.78, 5) is 53.2. The molecule has 3 heterocycles. The third kappa shape index (κ3) is 4.14. The van der Waals surface area contributed by atoms with Gasteiger partial charge in [-0.05, 0) is 13.8 Å². The molecule has 3 aliphatic heterocycles. The average Bonchev–Trinajstić information content (AvgIpc) is 3.29. The lowest BCUT2D eigenvalue weighted by Gasteiger charge is -2.24. The van der Waals surface area contributed by atoms with E-state index in [1.807, 2.05) is 6.07 Å². The molecule has 2 amide bonds. The van der Waals surface area contributed by atoms with E-state index >= 15 is 0 Å². The molecule has 0 radical (unpaired) electrons. The number of nitrogens with zero attached hydrogens (tertiary/aromatic N) is 1. The second-order valence-corrected chi connectivity index (χ2v) is 8.02. The van der Waals surface area contributed by atoms with E-state index < -0.39 is 48.0 Å². The number of fused-ring (bicyclic) bond motifs is 1. The molecule has 0 aromatic heterocycles. The maximum absolute atomic E-state index is 12.6. The van der Waals surface area contributed by atoms with Gasteiger partial charge in [-0.1, -0.05) is 30.3 Å². The van der Waals surface area contributed by atoms with Gasteiger partial charge in [-0.2, -0.15) is 0 Å². The summed E-state index contributed by atoms with van der Waals surface area (Å²) >= 11 is 0. The monoisotopic (exact) mass is 417 g/mol. The van der Waals surface area contributed by atoms with Crippen molar-refractivity contribution in [2.24, 2.45) is 0 Å². The second-order valence-electron chi connectivity index (χ2n) is 8.02. The molecule has 1 aromatic rings. The van der Waals surface area contributed by atoms with Gasteiger partial charge < -0.3 is 19.0 Å². The van der Waals surface area contributed by atoms with E-state index in [-0.39, 0.29) is 31.5 Å². The number of ketones is 1. The normalized spacial score (nSPS) is 29.9. The molecule has 0 bridgehead atoms. The van der Waals surface area contributed by atoms with Crippen LogP contribution in [0, 0.1) is 0 Å². The number of hydroxylamine groups is 2. The molecule has 30 heavy (non-hydrogen) atoms. The fraction of sp³-hybridized carbons (Fsp3) is 0.524. The van der Waals surface area contributed by atoms with Crippen LogP contribution in [0.3, 0.4) is 0 Å². The maximum atomic E-state index is 12.6. The Morgan fingerprint density at radius 1 is 1.00 bits per heavy atom. The van der Waals surface area contributed by atoms with Crippen molar-refractivity contribution >= 4 is 23.6 Å². The molecule has 4 rings (SSSR count). The first-order valence-electron chi connectivity index (χ1n) is 9.89. The van der Waals surface area contributed by atoms with Crippen LogP contribution in [0.2, 0.25) is 0 Å². The zero-order chi connectivity index (χ0) is 21.5. The summed E-state index contributed by atoms with van der Waals surface area (Å²) in [6, 6.07) is 8.84. The van der Waals surface area contributed by atoms with Gasteiger partial charge >= 0.3 is 5.97 Å². The molecule has 1 aromatic carbocycles. The van der Waals surface area contributed by atoms with E-state index in [2.05, 4.69) is 0 Å². The van der Waals surface area contributed by atoms with Gasteiger partial charge in [0, 0.05) is 24.8 Å². The van der Waals surface area contributed by atoms with Crippen molar-refractivity contribution in [3.05, 3.63) is 35.9 Å². The molecule has 0 spiro atoms. The highest BCUT2D eigenvalue weighted by Gasteiger charge is 2.56. The summed E-state index contributed by atoms with van der Waals surface area (Å²) in [6.07, 6.45) is -2.57. The minimum atomic E-state index is -0.893. The van der Waals surface area contributed by atoms with Crippen LogP contribution in [0.15, 0.2) is 30.3 Å². The lowest BCUT2D eigenvalue weighted by molar-refractivity contribution is -0.204. The fourth-order valence-electron chi connectivity index (χ4n) is 3.99. The first kappa shape index (κ1) is 20.6. The van der Waals surface area contributed by atoms with Gasteiger partial charge in [-0.15, -0.1) is 5.06 Å². The van der Waals surface area contributed by atoms with Crippen LogP contribution >= 0.6 is 0 Å². The zero-order valence-corrected chi connectivity index (χ0v) is 16.7. The molecule has 9 nitrogen and oxygen atoms in total. The SMILES string of the molecule is CC1(C)O[C@@H]2[C@@H](CC(=O)c3ccccc3)OC(CC(=O)ON3C(=O)CCC3=O)[C@@H]2O1. The van der Waals surface area contributed by atoms with Gasteiger partial charge in [-0.25, -0.2) is 4.79 Å². The largest absolute Gasteiger partial charge is 0.368 e. The van der Waals surface area contributed by atoms with Crippen molar-refractivity contribution in [2.75, 3.05) is 0 Å². The highest BCUT2D eigenvalue weighted by molar-refractivity contribution is 6.01. The Labute approximate surface area is 173 Å². The smallest absolute Gasteiger partial charge is 0.335 e. The summed E-state index contributed by atoms with van der Waals surface area (Å²) in [5.74, 6) is -2.89. The summed E-state index contributed by atoms with van der Waals surface area (Å²) in [6.45, 7) is 3.50. The zero-order valence-electron chi connectivity index (χ0n) is 16.7. The Bertz CT molecular complexity index is 851. The van der Waals surface area contributed by atoms with Crippen molar-refractivity contribution in [3.8, 4) is 0 Å². The Balaban J connectivity index is 1.43. The van der Waals surface area contributed by atoms with E-state index in [9.17, 15) is 19.2 Å². The number of carbonyl (C=O) groups is 4. The highest BCUT2D eigenvalue weighted by Crippen LogP contribution is 2.41. The predicted molar refractivity (Wildman–Crippen MR) is 99.7 cm³/mol. The number of Topliss-reactive ketones (excluding diaryl/α,β-unsaturated/α-hetero) is 1. The standard InChI is InChI=1S/C21H23NO8/c1-21(2)28-19-14(10-13(23)12-6-4-3-5-7-12)27-15(20(19)29-21)11-18(26)30-22-16(24)8-9-17(22)25/h3-7,14-15,19-20H,8-11H2,1-2H3/t14-,15?,19-,20+/m1/s1. The molecule has 1 unspecified atom stereocenters. The third-order valence-electron chi connectivity index (χ3n) is 5.30. The van der Waals surface area contributed by atoms with Crippen LogP contribution in [0.1, 0.15) is 49.9 Å². The molecule has 160 valence electrons. The summed E-state index contributed by atoms with van der Waals surface area (Å²) in [5, 5.41) is 0.501. The van der Waals surface area contributed by atoms with E-state index in [4.69, 9.17) is 19.0 Å². The Hall–Kier alpha value is -2.62. The van der Waals surface area contributed by atoms with Gasteiger partial charge in [0.1, 0.15) is 12.2 Å². The molecule has 9 heteroatoms. The average molecular weight is 417 g/mol. The number of hydrogen-bond acceptors (Lipinski definition) is 8. The molecule has 3 aliphatic rings. The lowest BCUT2D eigenvalue weighted by Crippen LogP contribution is -2.36. The van der Waals surface area contributed by atoms with Crippen LogP contribution < -0.4 is 0 Å². The number of amides is 2. The molecule has 4 atom stereocenters. The topological polar surface area (TPSA) is 108 Å². The van der Waals surface area contributed by atoms with Gasteiger partial charge in [0.15, 0.2) is 11.6 Å². The maximum Gasteiger partial charge on any atom is 0.335 e. The molecular weight excluding hydrogens is 394 g/mol. The van der Waals surface area contributed by atoms with Gasteiger partial charge in [0.25, 0.3) is 11.8 Å². The lowest BCUT2D eigenvalue weighted by atomic mass is 10.00. The molecule has 3 saturated heterocycles. The number of benzene rings is 1. The third-order valence-corrected chi connectivity index (χ3v) is 5.30. The quantitative estimate of drug-likeness (QED) is 0.507. The number of hydrogen-bond donors (Lipinski definition) is 0. The molecular formula is C21H23NO8. The summed E-state index contributed by atoms with van der Waals surface area (Å²) < 4.78 is 17.8. The van der Waals surface area contributed by atoms with Crippen molar-refractivity contribution in [1.82, 2.24) is 5.06 Å². The molecule has 0 aliphatic carbocycles. The van der Waals surface area contributed by atoms with E-state index in [0.717, 1.165) is 0 Å². The van der Waals surface area contributed by atoms with Crippen LogP contribution in [0.25, 0.3) is 0 Å². The van der Waals surface area contributed by atoms with Crippen LogP contribution in [0.4, 0.5) is 0 Å². The Morgan fingerprint density at radius 2 is 1.57 bits per heavy atom. The van der Waals surface area contributed by atoms with E-state index in [1.165, 1.54) is 0 Å². The molecule has 3 fully saturated rings. The Kier molecular flexibility index (Phi) is 5.44. The van der Waals surface area contributed by atoms with Crippen molar-refractivity contribution < 1.29 is 38.2 Å². The van der Waals surface area contributed by atoms with Gasteiger partial charge in [0.05, 0.1) is 18.6 Å². The Morgan fingerprint density at radius 3 is 2.17 bits per heavy atom. The van der Waals surface area contributed by atoms with Crippen LogP contribution in [-0.2, 0) is 33.4 Å². The van der Waals surface area contributed by atoms with Crippen LogP contribution in [-0.4, -0.2) is 58.8 Å².